The predicted molar refractivity (Wildman–Crippen MR) is 143 cm³/mol. The Kier molecular flexibility index (Phi) is 10.8. The highest BCUT2D eigenvalue weighted by atomic mass is 35.5. The number of amides is 3. The summed E-state index contributed by atoms with van der Waals surface area (Å²) < 4.78 is 25.2. The Balaban J connectivity index is 1.72. The minimum Gasteiger partial charge on any atom is -0.493 e. The monoisotopic (exact) mass is 547 g/mol. The highest BCUT2D eigenvalue weighted by Gasteiger charge is 2.28. The van der Waals surface area contributed by atoms with Gasteiger partial charge in [-0.2, -0.15) is 0 Å². The number of ether oxygens (including phenoxy) is 2. The zero-order chi connectivity index (χ0) is 27.7. The van der Waals surface area contributed by atoms with E-state index in [9.17, 15) is 18.8 Å². The lowest BCUT2D eigenvalue weighted by Gasteiger charge is -2.29. The fraction of sp³-hybridized carbons (Fsp3) is 0.464. The molecule has 3 rings (SSSR count). The van der Waals surface area contributed by atoms with Crippen LogP contribution in [0.15, 0.2) is 42.5 Å². The number of rotatable bonds is 3. The Morgan fingerprint density at radius 1 is 1.05 bits per heavy atom. The van der Waals surface area contributed by atoms with Gasteiger partial charge in [-0.3, -0.25) is 14.4 Å². The van der Waals surface area contributed by atoms with Gasteiger partial charge in [0.25, 0.3) is 11.8 Å². The van der Waals surface area contributed by atoms with Gasteiger partial charge in [0.15, 0.2) is 18.2 Å². The van der Waals surface area contributed by atoms with Crippen LogP contribution in [0.4, 0.5) is 4.39 Å². The average Bonchev–Trinajstić information content (AvgIpc) is 2.91. The second kappa shape index (κ2) is 14.0. The van der Waals surface area contributed by atoms with E-state index < -0.39 is 11.9 Å². The molecule has 206 valence electrons. The first-order chi connectivity index (χ1) is 18.2. The standard InChI is InChI=1S/C28H35ClFN3O5/c1-20-27(35)31(2)14-6-7-15-33(26(34)19-38-25-11-5-4-10-23(25)30)16-8-9-17-37-24-13-12-21(29)18-22(24)28(36)32(20)3/h4-5,10-13,18,20H,6-9,14-17,19H2,1-3H3/t20-/m0/s1. The number of carbonyl (C=O) groups is 3. The van der Waals surface area contributed by atoms with Crippen molar-refractivity contribution in [3.8, 4) is 11.5 Å². The predicted octanol–water partition coefficient (Wildman–Crippen LogP) is 4.26. The van der Waals surface area contributed by atoms with E-state index in [4.69, 9.17) is 21.1 Å². The molecule has 8 nitrogen and oxygen atoms in total. The fourth-order valence-electron chi connectivity index (χ4n) is 4.15. The summed E-state index contributed by atoms with van der Waals surface area (Å²) in [5.74, 6) is -0.887. The second-order valence-corrected chi connectivity index (χ2v) is 9.79. The lowest BCUT2D eigenvalue weighted by atomic mass is 10.1. The number of halogens is 2. The van der Waals surface area contributed by atoms with Crippen molar-refractivity contribution >= 4 is 29.3 Å². The lowest BCUT2D eigenvalue weighted by molar-refractivity contribution is -0.135. The van der Waals surface area contributed by atoms with Crippen LogP contribution in [0.2, 0.25) is 5.02 Å². The van der Waals surface area contributed by atoms with E-state index in [2.05, 4.69) is 0 Å². The van der Waals surface area contributed by atoms with Crippen LogP contribution in [0.1, 0.15) is 43.0 Å². The van der Waals surface area contributed by atoms with Crippen molar-refractivity contribution in [2.45, 2.75) is 38.6 Å². The molecule has 1 heterocycles. The highest BCUT2D eigenvalue weighted by molar-refractivity contribution is 6.31. The number of likely N-dealkylation sites (N-methyl/N-ethyl adjacent to an activating group) is 2. The maximum absolute atomic E-state index is 13.9. The molecule has 0 aliphatic carbocycles. The molecule has 2 aromatic carbocycles. The maximum atomic E-state index is 13.9. The van der Waals surface area contributed by atoms with Gasteiger partial charge in [0, 0.05) is 38.8 Å². The number of hydrogen-bond donors (Lipinski definition) is 0. The molecule has 0 fully saturated rings. The number of carbonyl (C=O) groups excluding carboxylic acids is 3. The SMILES string of the molecule is C[C@H]1C(=O)N(C)CCCCN(C(=O)COc2ccccc2F)CCCCOc2ccc(Cl)cc2C(=O)N1C. The molecule has 0 aromatic heterocycles. The Labute approximate surface area is 228 Å². The molecule has 0 N–H and O–H groups in total. The number of fused-ring (bicyclic) bond motifs is 1. The Bertz CT molecular complexity index is 1130. The summed E-state index contributed by atoms with van der Waals surface area (Å²) in [6.07, 6.45) is 2.65. The summed E-state index contributed by atoms with van der Waals surface area (Å²) in [5, 5.41) is 0.392. The van der Waals surface area contributed by atoms with Gasteiger partial charge >= 0.3 is 0 Å². The van der Waals surface area contributed by atoms with E-state index >= 15 is 0 Å². The molecule has 0 unspecified atom stereocenters. The first-order valence-corrected chi connectivity index (χ1v) is 13.2. The zero-order valence-corrected chi connectivity index (χ0v) is 22.9. The van der Waals surface area contributed by atoms with Gasteiger partial charge in [-0.25, -0.2) is 4.39 Å². The molecule has 0 bridgehead atoms. The largest absolute Gasteiger partial charge is 0.493 e. The van der Waals surface area contributed by atoms with Crippen LogP contribution in [0, 0.1) is 5.82 Å². The normalized spacial score (nSPS) is 18.4. The minimum absolute atomic E-state index is 0.0345. The fourth-order valence-corrected chi connectivity index (χ4v) is 4.32. The van der Waals surface area contributed by atoms with Crippen molar-refractivity contribution in [1.82, 2.24) is 14.7 Å². The van der Waals surface area contributed by atoms with Gasteiger partial charge in [0.05, 0.1) is 12.2 Å². The van der Waals surface area contributed by atoms with Crippen LogP contribution in [-0.4, -0.2) is 85.4 Å². The number of hydrogen-bond acceptors (Lipinski definition) is 5. The quantitative estimate of drug-likeness (QED) is 0.574. The van der Waals surface area contributed by atoms with Crippen molar-refractivity contribution in [3.05, 3.63) is 58.9 Å². The van der Waals surface area contributed by atoms with E-state index in [1.54, 1.807) is 61.2 Å². The molecule has 0 radical (unpaired) electrons. The Morgan fingerprint density at radius 2 is 1.74 bits per heavy atom. The van der Waals surface area contributed by atoms with Crippen LogP contribution in [0.3, 0.4) is 0 Å². The van der Waals surface area contributed by atoms with Crippen molar-refractivity contribution < 1.29 is 28.2 Å². The van der Waals surface area contributed by atoms with Gasteiger partial charge in [0.2, 0.25) is 5.91 Å². The van der Waals surface area contributed by atoms with Crippen LogP contribution in [-0.2, 0) is 9.59 Å². The van der Waals surface area contributed by atoms with Crippen molar-refractivity contribution in [3.63, 3.8) is 0 Å². The molecular weight excluding hydrogens is 513 g/mol. The summed E-state index contributed by atoms with van der Waals surface area (Å²) in [6, 6.07) is 10.1. The van der Waals surface area contributed by atoms with E-state index in [-0.39, 0.29) is 35.6 Å². The van der Waals surface area contributed by atoms with Gasteiger partial charge in [-0.1, -0.05) is 23.7 Å². The first kappa shape index (κ1) is 29.2. The third-order valence-electron chi connectivity index (χ3n) is 6.60. The molecular formula is C28H35ClFN3O5. The molecule has 1 atom stereocenters. The van der Waals surface area contributed by atoms with Crippen LogP contribution in [0.25, 0.3) is 0 Å². The van der Waals surface area contributed by atoms with Crippen molar-refractivity contribution in [2.24, 2.45) is 0 Å². The topological polar surface area (TPSA) is 79.4 Å². The average molecular weight is 548 g/mol. The third kappa shape index (κ3) is 7.84. The van der Waals surface area contributed by atoms with Gasteiger partial charge in [0.1, 0.15) is 11.8 Å². The first-order valence-electron chi connectivity index (χ1n) is 12.8. The molecule has 1 aliphatic rings. The molecule has 0 spiro atoms. The summed E-state index contributed by atoms with van der Waals surface area (Å²) >= 11 is 6.16. The number of nitrogens with zero attached hydrogens (tertiary/aromatic N) is 3. The smallest absolute Gasteiger partial charge is 0.260 e. The molecule has 1 aliphatic heterocycles. The zero-order valence-electron chi connectivity index (χ0n) is 22.1. The summed E-state index contributed by atoms with van der Waals surface area (Å²) in [6.45, 7) is 3.18. The molecule has 38 heavy (non-hydrogen) atoms. The van der Waals surface area contributed by atoms with Crippen LogP contribution in [0.5, 0.6) is 11.5 Å². The van der Waals surface area contributed by atoms with Gasteiger partial charge in [-0.15, -0.1) is 0 Å². The summed E-state index contributed by atoms with van der Waals surface area (Å²) in [5.41, 5.74) is 0.286. The Hall–Kier alpha value is -3.33. The molecule has 10 heteroatoms. The third-order valence-corrected chi connectivity index (χ3v) is 6.83. The Morgan fingerprint density at radius 3 is 2.47 bits per heavy atom. The number of para-hydroxylation sites is 1. The van der Waals surface area contributed by atoms with E-state index in [1.165, 1.54) is 17.0 Å². The van der Waals surface area contributed by atoms with Crippen LogP contribution < -0.4 is 9.47 Å². The van der Waals surface area contributed by atoms with E-state index in [1.807, 2.05) is 0 Å². The van der Waals surface area contributed by atoms with E-state index in [0.717, 1.165) is 0 Å². The molecule has 3 amide bonds. The molecule has 0 saturated heterocycles. The maximum Gasteiger partial charge on any atom is 0.260 e. The molecule has 2 aromatic rings. The summed E-state index contributed by atoms with van der Waals surface area (Å²) in [7, 11) is 3.29. The molecule has 0 saturated carbocycles. The highest BCUT2D eigenvalue weighted by Crippen LogP contribution is 2.25. The van der Waals surface area contributed by atoms with Crippen molar-refractivity contribution in [1.29, 1.82) is 0 Å². The lowest BCUT2D eigenvalue weighted by Crippen LogP contribution is -2.47. The van der Waals surface area contributed by atoms with Gasteiger partial charge < -0.3 is 24.2 Å². The summed E-state index contributed by atoms with van der Waals surface area (Å²) in [4.78, 5) is 43.9. The second-order valence-electron chi connectivity index (χ2n) is 9.35. The minimum atomic E-state index is -0.691. The number of benzene rings is 2. The van der Waals surface area contributed by atoms with Gasteiger partial charge in [-0.05, 0) is 62.9 Å². The van der Waals surface area contributed by atoms with E-state index in [0.29, 0.717) is 62.7 Å². The van der Waals surface area contributed by atoms with Crippen LogP contribution >= 0.6 is 11.6 Å². The van der Waals surface area contributed by atoms with Crippen molar-refractivity contribution in [2.75, 3.05) is 46.9 Å².